The molecule has 0 saturated heterocycles. The minimum Gasteiger partial charge on any atom is -0.457 e. The summed E-state index contributed by atoms with van der Waals surface area (Å²) in [6, 6.07) is 9.63. The second-order valence-corrected chi connectivity index (χ2v) is 18.5. The average Bonchev–Trinajstić information content (AvgIpc) is 3.24. The van der Waals surface area contributed by atoms with Crippen LogP contribution in [-0.4, -0.2) is 27.2 Å². The Kier molecular flexibility index (Phi) is 12.8. The molecule has 8 bridgehead atoms. The van der Waals surface area contributed by atoms with E-state index >= 15 is 0 Å². The third kappa shape index (κ3) is 6.91. The van der Waals surface area contributed by atoms with Crippen LogP contribution in [0.15, 0.2) is 24.3 Å². The molecule has 4 heterocycles. The predicted molar refractivity (Wildman–Crippen MR) is 248 cm³/mol. The summed E-state index contributed by atoms with van der Waals surface area (Å²) in [6.45, 7) is 9.19. The molecular formula is C48H52Br4O8. The van der Waals surface area contributed by atoms with E-state index in [-0.39, 0.29) is 50.8 Å². The Morgan fingerprint density at radius 2 is 0.500 bits per heavy atom. The van der Waals surface area contributed by atoms with Crippen LogP contribution in [0, 0.1) is 0 Å². The summed E-state index contributed by atoms with van der Waals surface area (Å²) in [4.78, 5) is 0. The van der Waals surface area contributed by atoms with Crippen molar-refractivity contribution < 1.29 is 37.9 Å². The lowest BCUT2D eigenvalue weighted by molar-refractivity contribution is 0.0954. The number of halogens is 4. The fourth-order valence-corrected chi connectivity index (χ4v) is 12.6. The third-order valence-electron chi connectivity index (χ3n) is 13.0. The van der Waals surface area contributed by atoms with Crippen molar-refractivity contribution in [2.24, 2.45) is 0 Å². The summed E-state index contributed by atoms with van der Waals surface area (Å²) in [5.74, 6) is 6.34. The number of rotatable bonds is 12. The maximum atomic E-state index is 6.77. The van der Waals surface area contributed by atoms with Crippen LogP contribution < -0.4 is 37.9 Å². The van der Waals surface area contributed by atoms with Gasteiger partial charge in [-0.25, -0.2) is 0 Å². The van der Waals surface area contributed by atoms with Crippen molar-refractivity contribution in [3.63, 3.8) is 0 Å². The molecule has 0 N–H and O–H groups in total. The molecule has 4 aromatic rings. The lowest BCUT2D eigenvalue weighted by atomic mass is 9.74. The SMILES string of the molecule is CCCC1c2cc3c4c(CBr)c2OCOc2c1cc1c(c2CBr)OCOc2c(cc5c(c2CBr)OCOc2c(cc(c(c2CBr)OCO4)C3CCC)C5CCC)C1CCC. The van der Waals surface area contributed by atoms with Crippen LogP contribution in [-0.2, 0) is 21.3 Å². The fraction of sp³-hybridized carbons (Fsp3) is 0.500. The van der Waals surface area contributed by atoms with Gasteiger partial charge in [-0.15, -0.1) is 0 Å². The third-order valence-corrected chi connectivity index (χ3v) is 15.3. The van der Waals surface area contributed by atoms with Crippen LogP contribution in [0.2, 0.25) is 0 Å². The monoisotopic (exact) mass is 1070 g/mol. The first kappa shape index (κ1) is 42.5. The second kappa shape index (κ2) is 18.1. The minimum absolute atomic E-state index is 0.0339. The molecule has 5 aliphatic rings. The Morgan fingerprint density at radius 1 is 0.333 bits per heavy atom. The number of hydrogen-bond acceptors (Lipinski definition) is 8. The molecule has 8 nitrogen and oxygen atoms in total. The zero-order valence-corrected chi connectivity index (χ0v) is 41.1. The topological polar surface area (TPSA) is 73.8 Å². The molecule has 4 aliphatic heterocycles. The van der Waals surface area contributed by atoms with E-state index in [0.717, 1.165) is 164 Å². The maximum absolute atomic E-state index is 6.77. The van der Waals surface area contributed by atoms with Gasteiger partial charge in [0.2, 0.25) is 27.2 Å². The maximum Gasteiger partial charge on any atom is 0.230 e. The Labute approximate surface area is 387 Å². The standard InChI is InChI=1S/C48H52Br4O8/c1-5-9-25-29-13-31-26(10-6-2)33-15-35-28(12-8-4)36-16-34-27(11-7-3)32-14-30(25)42-38(18-50)44(32)56-23-58-46(34)40(20-52)48(36)60-24-59-47(35)39(19-51)45(33)57-22-55-43(31)37(17-49)41(29)53-21-54-42/h13-16,25-28H,5-12,17-24H2,1-4H3. The molecule has 0 fully saturated rings. The van der Waals surface area contributed by atoms with Crippen LogP contribution in [0.25, 0.3) is 0 Å². The van der Waals surface area contributed by atoms with Crippen LogP contribution in [0.4, 0.5) is 0 Å². The first-order chi connectivity index (χ1) is 29.5. The Hall–Kier alpha value is -2.80. The minimum atomic E-state index is -0.0420. The van der Waals surface area contributed by atoms with Gasteiger partial charge in [-0.05, 0) is 49.9 Å². The summed E-state index contributed by atoms with van der Waals surface area (Å²) < 4.78 is 54.1. The first-order valence-corrected chi connectivity index (χ1v) is 26.0. The molecule has 0 aromatic heterocycles. The van der Waals surface area contributed by atoms with Gasteiger partial charge in [-0.3, -0.25) is 0 Å². The van der Waals surface area contributed by atoms with Gasteiger partial charge in [0.15, 0.2) is 0 Å². The van der Waals surface area contributed by atoms with Crippen molar-refractivity contribution in [2.45, 2.75) is 124 Å². The van der Waals surface area contributed by atoms with Gasteiger partial charge in [-0.2, -0.15) is 0 Å². The zero-order chi connectivity index (χ0) is 41.7. The van der Waals surface area contributed by atoms with Gasteiger partial charge in [0.1, 0.15) is 46.0 Å². The van der Waals surface area contributed by atoms with E-state index in [4.69, 9.17) is 37.9 Å². The molecule has 0 amide bonds. The van der Waals surface area contributed by atoms with Gasteiger partial charge < -0.3 is 37.9 Å². The molecule has 0 spiro atoms. The van der Waals surface area contributed by atoms with E-state index < -0.39 is 0 Å². The zero-order valence-electron chi connectivity index (χ0n) is 34.7. The largest absolute Gasteiger partial charge is 0.457 e. The van der Waals surface area contributed by atoms with Crippen molar-refractivity contribution >= 4 is 63.7 Å². The smallest absolute Gasteiger partial charge is 0.230 e. The predicted octanol–water partition coefficient (Wildman–Crippen LogP) is 14.2. The molecule has 0 saturated carbocycles. The number of ether oxygens (including phenoxy) is 8. The molecule has 1 aliphatic carbocycles. The molecule has 60 heavy (non-hydrogen) atoms. The first-order valence-electron chi connectivity index (χ1n) is 21.5. The van der Waals surface area contributed by atoms with Crippen LogP contribution >= 0.6 is 63.7 Å². The highest BCUT2D eigenvalue weighted by Gasteiger charge is 2.41. The van der Waals surface area contributed by atoms with E-state index in [1.807, 2.05) is 0 Å². The van der Waals surface area contributed by atoms with E-state index in [1.54, 1.807) is 0 Å². The average molecular weight is 1080 g/mol. The molecule has 0 unspecified atom stereocenters. The normalized spacial score (nSPS) is 20.3. The van der Waals surface area contributed by atoms with Crippen molar-refractivity contribution in [3.8, 4) is 46.0 Å². The van der Waals surface area contributed by atoms with Crippen molar-refractivity contribution in [3.05, 3.63) is 91.0 Å². The summed E-state index contributed by atoms with van der Waals surface area (Å²) >= 11 is 15.7. The van der Waals surface area contributed by atoms with Gasteiger partial charge in [-0.1, -0.05) is 117 Å². The fourth-order valence-electron chi connectivity index (χ4n) is 10.6. The molecule has 4 aromatic carbocycles. The number of alkyl halides is 4. The Morgan fingerprint density at radius 3 is 0.633 bits per heavy atom. The Balaban J connectivity index is 1.50. The second-order valence-electron chi connectivity index (χ2n) is 16.3. The highest BCUT2D eigenvalue weighted by Crippen LogP contribution is 2.58. The summed E-state index contributed by atoms with van der Waals surface area (Å²) in [7, 11) is 0. The lowest BCUT2D eigenvalue weighted by Gasteiger charge is -2.37. The lowest BCUT2D eigenvalue weighted by Crippen LogP contribution is -2.25. The van der Waals surface area contributed by atoms with E-state index in [2.05, 4.69) is 116 Å². The van der Waals surface area contributed by atoms with Gasteiger partial charge in [0, 0.05) is 112 Å². The summed E-state index contributed by atoms with van der Waals surface area (Å²) in [6.07, 6.45) is 7.40. The number of hydrogen-bond donors (Lipinski definition) is 0. The Bertz CT molecular complexity index is 1860. The van der Waals surface area contributed by atoms with Crippen molar-refractivity contribution in [1.29, 1.82) is 0 Å². The molecule has 12 heteroatoms. The van der Waals surface area contributed by atoms with Gasteiger partial charge in [0.25, 0.3) is 0 Å². The van der Waals surface area contributed by atoms with Crippen LogP contribution in [0.5, 0.6) is 46.0 Å². The summed E-state index contributed by atoms with van der Waals surface area (Å²) in [5.41, 5.74) is 13.1. The van der Waals surface area contributed by atoms with Crippen LogP contribution in [0.3, 0.4) is 0 Å². The molecule has 320 valence electrons. The molecule has 9 rings (SSSR count). The van der Waals surface area contributed by atoms with Crippen molar-refractivity contribution in [1.82, 2.24) is 0 Å². The molecule has 0 atom stereocenters. The van der Waals surface area contributed by atoms with E-state index in [1.165, 1.54) is 0 Å². The molecular weight excluding hydrogens is 1020 g/mol. The van der Waals surface area contributed by atoms with Gasteiger partial charge in [0.05, 0.1) is 0 Å². The van der Waals surface area contributed by atoms with E-state index in [9.17, 15) is 0 Å². The van der Waals surface area contributed by atoms with Crippen LogP contribution in [0.1, 0.15) is 169 Å². The quantitative estimate of drug-likeness (QED) is 0.130. The highest BCUT2D eigenvalue weighted by atomic mass is 79.9. The summed E-state index contributed by atoms with van der Waals surface area (Å²) in [5, 5.41) is 2.16. The van der Waals surface area contributed by atoms with Crippen molar-refractivity contribution in [2.75, 3.05) is 27.2 Å². The molecule has 0 radical (unpaired) electrons. The van der Waals surface area contributed by atoms with Gasteiger partial charge >= 0.3 is 0 Å². The number of benzene rings is 4. The van der Waals surface area contributed by atoms with E-state index in [0.29, 0.717) is 21.3 Å². The highest BCUT2D eigenvalue weighted by molar-refractivity contribution is 9.09.